The fourth-order valence-electron chi connectivity index (χ4n) is 2.19. The average molecular weight is 388 g/mol. The van der Waals surface area contributed by atoms with Crippen LogP contribution in [0.4, 0.5) is 0 Å². The molecule has 0 spiro atoms. The van der Waals surface area contributed by atoms with Crippen LogP contribution in [0.15, 0.2) is 58.4 Å². The fourth-order valence-corrected chi connectivity index (χ4v) is 6.66. The Bertz CT molecular complexity index is 535. The van der Waals surface area contributed by atoms with Crippen molar-refractivity contribution in [1.82, 2.24) is 4.31 Å². The van der Waals surface area contributed by atoms with Crippen LogP contribution in [0.3, 0.4) is 0 Å². The van der Waals surface area contributed by atoms with Crippen LogP contribution in [0, 0.1) is 0 Å². The summed E-state index contributed by atoms with van der Waals surface area (Å²) in [6.07, 6.45) is 8.67. The minimum Gasteiger partial charge on any atom is -0.249 e. The van der Waals surface area contributed by atoms with Gasteiger partial charge in [-0.15, -0.1) is 35.1 Å². The first-order chi connectivity index (χ1) is 10.7. The van der Waals surface area contributed by atoms with E-state index in [4.69, 9.17) is 23.3 Å². The molecule has 5 heteroatoms. The van der Waals surface area contributed by atoms with Gasteiger partial charge in [-0.3, -0.25) is 0 Å². The zero-order valence-electron chi connectivity index (χ0n) is 14.9. The second-order valence-electron chi connectivity index (χ2n) is 5.92. The van der Waals surface area contributed by atoms with Gasteiger partial charge in [-0.1, -0.05) is 32.6 Å². The number of allylic oxidation sites excluding steroid dienone is 2. The molecule has 0 aromatic heterocycles. The van der Waals surface area contributed by atoms with E-state index in [1.54, 1.807) is 0 Å². The Balaban J connectivity index is 3.00. The van der Waals surface area contributed by atoms with Gasteiger partial charge in [0.25, 0.3) is 0 Å². The number of hydrogen-bond donors (Lipinski definition) is 2. The van der Waals surface area contributed by atoms with Crippen LogP contribution < -0.4 is 0 Å². The monoisotopic (exact) mass is 387 g/mol. The Morgan fingerprint density at radius 2 is 1.57 bits per heavy atom. The van der Waals surface area contributed by atoms with Crippen LogP contribution in [0.2, 0.25) is 0 Å². The van der Waals surface area contributed by atoms with Gasteiger partial charge in [-0.25, -0.2) is 4.31 Å². The van der Waals surface area contributed by atoms with Gasteiger partial charge in [-0.2, -0.15) is 0 Å². The minimum absolute atomic E-state index is 0.0222. The van der Waals surface area contributed by atoms with Crippen molar-refractivity contribution in [3.05, 3.63) is 48.6 Å². The van der Waals surface area contributed by atoms with Crippen LogP contribution in [0.1, 0.15) is 34.6 Å². The van der Waals surface area contributed by atoms with E-state index in [1.807, 2.05) is 11.8 Å². The lowest BCUT2D eigenvalue weighted by Crippen LogP contribution is -2.25. The van der Waals surface area contributed by atoms with Gasteiger partial charge in [0.05, 0.1) is 4.75 Å². The van der Waals surface area contributed by atoms with Crippen molar-refractivity contribution < 1.29 is 0 Å². The average Bonchev–Trinajstić information content (AvgIpc) is 2.47. The van der Waals surface area contributed by atoms with Crippen molar-refractivity contribution in [2.75, 3.05) is 7.05 Å². The van der Waals surface area contributed by atoms with E-state index in [0.717, 1.165) is 0 Å². The van der Waals surface area contributed by atoms with E-state index >= 15 is 0 Å². The number of thiol groups is 2. The lowest BCUT2D eigenvalue weighted by molar-refractivity contribution is 0.465. The molecule has 1 aromatic rings. The van der Waals surface area contributed by atoms with Crippen molar-refractivity contribution in [3.63, 3.8) is 0 Å². The molecule has 0 saturated heterocycles. The zero-order valence-corrected chi connectivity index (χ0v) is 18.3. The molecule has 0 heterocycles. The second-order valence-corrected chi connectivity index (χ2v) is 13.6. The van der Waals surface area contributed by atoms with Crippen molar-refractivity contribution in [3.8, 4) is 0 Å². The predicted molar refractivity (Wildman–Crippen MR) is 117 cm³/mol. The van der Waals surface area contributed by atoms with Crippen molar-refractivity contribution in [1.29, 1.82) is 0 Å². The molecule has 0 fully saturated rings. The third-order valence-electron chi connectivity index (χ3n) is 3.60. The first-order valence-corrected chi connectivity index (χ1v) is 12.3. The van der Waals surface area contributed by atoms with Gasteiger partial charge >= 0.3 is 0 Å². The molecule has 0 unspecified atom stereocenters. The lowest BCUT2D eigenvalue weighted by Gasteiger charge is -2.41. The third-order valence-corrected chi connectivity index (χ3v) is 9.76. The molecular weight excluding hydrogens is 358 g/mol. The molecule has 0 radical (unpaired) electrons. The van der Waals surface area contributed by atoms with E-state index in [1.165, 1.54) is 9.79 Å². The summed E-state index contributed by atoms with van der Waals surface area (Å²) >= 11 is 11.5. The topological polar surface area (TPSA) is 3.24 Å². The first kappa shape index (κ1) is 21.1. The van der Waals surface area contributed by atoms with Gasteiger partial charge in [0, 0.05) is 15.8 Å². The molecule has 130 valence electrons. The van der Waals surface area contributed by atoms with Gasteiger partial charge in [0.1, 0.15) is 0 Å². The molecule has 23 heavy (non-hydrogen) atoms. The Hall–Kier alpha value is 0.0600. The van der Waals surface area contributed by atoms with E-state index in [-0.39, 0.29) is 4.75 Å². The highest BCUT2D eigenvalue weighted by atomic mass is 33.5. The Kier molecular flexibility index (Phi) is 8.21. The lowest BCUT2D eigenvalue weighted by atomic mass is 10.1. The third kappa shape index (κ3) is 5.82. The maximum atomic E-state index is 4.84. The number of rotatable bonds is 7. The smallest absolute Gasteiger partial charge is 0.0537 e. The summed E-state index contributed by atoms with van der Waals surface area (Å²) in [6, 6.07) is 9.06. The highest BCUT2D eigenvalue weighted by Crippen LogP contribution is 2.66. The highest BCUT2D eigenvalue weighted by molar-refractivity contribution is 9.17. The molecule has 0 aliphatic rings. The molecule has 0 amide bonds. The molecule has 1 nitrogen and oxygen atoms in total. The quantitative estimate of drug-likeness (QED) is 0.229. The van der Waals surface area contributed by atoms with Crippen LogP contribution in [0.25, 0.3) is 0 Å². The molecule has 0 N–H and O–H groups in total. The minimum atomic E-state index is -1.53. The van der Waals surface area contributed by atoms with E-state index in [0.29, 0.717) is 6.04 Å². The van der Waals surface area contributed by atoms with Crippen LogP contribution >= 0.6 is 43.4 Å². The summed E-state index contributed by atoms with van der Waals surface area (Å²) in [5.74, 6) is 0. The van der Waals surface area contributed by atoms with Gasteiger partial charge in [-0.05, 0) is 65.9 Å². The first-order valence-electron chi connectivity index (χ1n) is 7.74. The molecule has 0 aliphatic heterocycles. The summed E-state index contributed by atoms with van der Waals surface area (Å²) in [5.41, 5.74) is 0. The molecule has 1 aromatic carbocycles. The largest absolute Gasteiger partial charge is 0.249 e. The van der Waals surface area contributed by atoms with Crippen LogP contribution in [-0.2, 0) is 0 Å². The van der Waals surface area contributed by atoms with Crippen LogP contribution in [0.5, 0.6) is 0 Å². The summed E-state index contributed by atoms with van der Waals surface area (Å²) in [5, 5.41) is 0. The number of nitrogens with zero attached hydrogens (tertiary/aromatic N) is 1. The van der Waals surface area contributed by atoms with E-state index in [2.05, 4.69) is 94.5 Å². The SMILES string of the molecule is CC=CC(C)(C=CC)Sc1ccc(S(S)(S)N(C)C(C)C)cc1. The van der Waals surface area contributed by atoms with Crippen LogP contribution in [-0.4, -0.2) is 22.1 Å². The van der Waals surface area contributed by atoms with Crippen molar-refractivity contribution in [2.45, 2.75) is 55.2 Å². The number of benzene rings is 1. The summed E-state index contributed by atoms with van der Waals surface area (Å²) in [7, 11) is 0.547. The van der Waals surface area contributed by atoms with Crippen molar-refractivity contribution in [2.24, 2.45) is 0 Å². The van der Waals surface area contributed by atoms with Gasteiger partial charge in [0.2, 0.25) is 0 Å². The zero-order chi connectivity index (χ0) is 17.7. The molecule has 0 aliphatic carbocycles. The van der Waals surface area contributed by atoms with Gasteiger partial charge < -0.3 is 0 Å². The molecular formula is C18H29NS4. The normalized spacial score (nSPS) is 16.6. The maximum absolute atomic E-state index is 4.84. The highest BCUT2D eigenvalue weighted by Gasteiger charge is 2.25. The molecule has 0 saturated carbocycles. The molecule has 0 atom stereocenters. The Morgan fingerprint density at radius 3 is 1.96 bits per heavy atom. The summed E-state index contributed by atoms with van der Waals surface area (Å²) < 4.78 is 2.21. The fraction of sp³-hybridized carbons (Fsp3) is 0.444. The standard InChI is InChI=1S/C18H29NS4/c1-7-13-18(5,14-8-2)22-16-9-11-17(12-10-16)23(20,21)19(6)15(3)4/h7-15,20-21H,1-6H3. The van der Waals surface area contributed by atoms with E-state index in [9.17, 15) is 0 Å². The number of thioether (sulfide) groups is 1. The van der Waals surface area contributed by atoms with Crippen molar-refractivity contribution >= 4 is 43.4 Å². The Labute approximate surface area is 158 Å². The Morgan fingerprint density at radius 1 is 1.09 bits per heavy atom. The van der Waals surface area contributed by atoms with Gasteiger partial charge in [0.15, 0.2) is 0 Å². The molecule has 0 bridgehead atoms. The maximum Gasteiger partial charge on any atom is 0.0537 e. The summed E-state index contributed by atoms with van der Waals surface area (Å²) in [4.78, 5) is 2.42. The molecule has 1 rings (SSSR count). The van der Waals surface area contributed by atoms with E-state index < -0.39 is 8.28 Å². The predicted octanol–water partition coefficient (Wildman–Crippen LogP) is 6.80. The summed E-state index contributed by atoms with van der Waals surface area (Å²) in [6.45, 7) is 10.7. The number of hydrogen-bond acceptors (Lipinski definition) is 4. The second kappa shape index (κ2) is 8.95.